The van der Waals surface area contributed by atoms with Gasteiger partial charge in [0.05, 0.1) is 15.8 Å². The topological polar surface area (TPSA) is 38.9 Å². The third-order valence-corrected chi connectivity index (χ3v) is 4.22. The molecular weight excluding hydrogens is 297 g/mol. The van der Waals surface area contributed by atoms with Crippen molar-refractivity contribution in [1.82, 2.24) is 4.98 Å². The Bertz CT molecular complexity index is 821. The standard InChI is InChI=1S/C15H11F3N2S/c1-8-2-5-13-12(6-8)20-14(21-13)10-7-9(15(16,17)18)3-4-11(10)19/h2-7H,19H2,1H3. The van der Waals surface area contributed by atoms with Crippen LogP contribution < -0.4 is 5.73 Å². The molecule has 21 heavy (non-hydrogen) atoms. The number of rotatable bonds is 1. The van der Waals surface area contributed by atoms with Crippen LogP contribution in [0.25, 0.3) is 20.8 Å². The van der Waals surface area contributed by atoms with Gasteiger partial charge >= 0.3 is 6.18 Å². The first-order valence-electron chi connectivity index (χ1n) is 6.19. The Hall–Kier alpha value is -2.08. The highest BCUT2D eigenvalue weighted by atomic mass is 32.1. The van der Waals surface area contributed by atoms with E-state index in [0.29, 0.717) is 16.3 Å². The van der Waals surface area contributed by atoms with E-state index in [1.165, 1.54) is 17.4 Å². The van der Waals surface area contributed by atoms with Gasteiger partial charge < -0.3 is 5.73 Å². The fourth-order valence-corrected chi connectivity index (χ4v) is 3.05. The number of nitrogens with two attached hydrogens (primary N) is 1. The summed E-state index contributed by atoms with van der Waals surface area (Å²) in [4.78, 5) is 4.40. The Kier molecular flexibility index (Phi) is 3.13. The lowest BCUT2D eigenvalue weighted by Gasteiger charge is -2.09. The van der Waals surface area contributed by atoms with E-state index in [2.05, 4.69) is 4.98 Å². The fraction of sp³-hybridized carbons (Fsp3) is 0.133. The lowest BCUT2D eigenvalue weighted by molar-refractivity contribution is -0.137. The third-order valence-electron chi connectivity index (χ3n) is 3.15. The molecule has 108 valence electrons. The highest BCUT2D eigenvalue weighted by Gasteiger charge is 2.31. The lowest BCUT2D eigenvalue weighted by atomic mass is 10.1. The summed E-state index contributed by atoms with van der Waals surface area (Å²) < 4.78 is 39.4. The van der Waals surface area contributed by atoms with Crippen molar-refractivity contribution in [3.8, 4) is 10.6 Å². The van der Waals surface area contributed by atoms with E-state index in [4.69, 9.17) is 5.73 Å². The second kappa shape index (κ2) is 4.73. The Morgan fingerprint density at radius 1 is 1.10 bits per heavy atom. The molecule has 0 aliphatic rings. The van der Waals surface area contributed by atoms with Gasteiger partial charge in [-0.05, 0) is 42.8 Å². The number of fused-ring (bicyclic) bond motifs is 1. The molecule has 0 saturated heterocycles. The first-order chi connectivity index (χ1) is 9.84. The molecule has 0 aliphatic heterocycles. The molecule has 0 saturated carbocycles. The van der Waals surface area contributed by atoms with Crippen molar-refractivity contribution >= 4 is 27.2 Å². The van der Waals surface area contributed by atoms with Crippen LogP contribution in [0.1, 0.15) is 11.1 Å². The zero-order valence-electron chi connectivity index (χ0n) is 11.0. The summed E-state index contributed by atoms with van der Waals surface area (Å²) in [5, 5.41) is 0.499. The number of aryl methyl sites for hydroxylation is 1. The minimum Gasteiger partial charge on any atom is -0.398 e. The average molecular weight is 308 g/mol. The molecule has 1 heterocycles. The molecule has 0 atom stereocenters. The van der Waals surface area contributed by atoms with Crippen LogP contribution in [0.3, 0.4) is 0 Å². The maximum atomic E-state index is 12.8. The van der Waals surface area contributed by atoms with Gasteiger partial charge in [0, 0.05) is 11.3 Å². The van der Waals surface area contributed by atoms with Gasteiger partial charge in [-0.3, -0.25) is 0 Å². The van der Waals surface area contributed by atoms with Gasteiger partial charge in [-0.15, -0.1) is 11.3 Å². The van der Waals surface area contributed by atoms with E-state index < -0.39 is 11.7 Å². The van der Waals surface area contributed by atoms with E-state index in [-0.39, 0.29) is 0 Å². The second-order valence-corrected chi connectivity index (χ2v) is 5.82. The van der Waals surface area contributed by atoms with Gasteiger partial charge in [0.15, 0.2) is 0 Å². The summed E-state index contributed by atoms with van der Waals surface area (Å²) >= 11 is 1.33. The zero-order valence-corrected chi connectivity index (χ0v) is 11.8. The number of alkyl halides is 3. The van der Waals surface area contributed by atoms with Crippen LogP contribution in [0.5, 0.6) is 0 Å². The summed E-state index contributed by atoms with van der Waals surface area (Å²) in [5.74, 6) is 0. The van der Waals surface area contributed by atoms with Crippen LogP contribution >= 0.6 is 11.3 Å². The highest BCUT2D eigenvalue weighted by molar-refractivity contribution is 7.21. The number of thiazole rings is 1. The molecular formula is C15H11F3N2S. The lowest BCUT2D eigenvalue weighted by Crippen LogP contribution is -2.05. The number of hydrogen-bond acceptors (Lipinski definition) is 3. The molecule has 2 aromatic carbocycles. The molecule has 3 aromatic rings. The van der Waals surface area contributed by atoms with Gasteiger partial charge in [-0.25, -0.2) is 4.98 Å². The quantitative estimate of drug-likeness (QED) is 0.651. The van der Waals surface area contributed by atoms with Crippen LogP contribution in [-0.2, 0) is 6.18 Å². The van der Waals surface area contributed by atoms with E-state index in [0.717, 1.165) is 27.9 Å². The summed E-state index contributed by atoms with van der Waals surface area (Å²) in [5.41, 5.74) is 7.53. The average Bonchev–Trinajstić information content (AvgIpc) is 2.80. The van der Waals surface area contributed by atoms with E-state index >= 15 is 0 Å². The van der Waals surface area contributed by atoms with Crippen molar-refractivity contribution in [1.29, 1.82) is 0 Å². The van der Waals surface area contributed by atoms with Gasteiger partial charge in [-0.1, -0.05) is 6.07 Å². The summed E-state index contributed by atoms with van der Waals surface area (Å²) in [7, 11) is 0. The van der Waals surface area contributed by atoms with Crippen molar-refractivity contribution in [2.45, 2.75) is 13.1 Å². The number of nitrogens with zero attached hydrogens (tertiary/aromatic N) is 1. The fourth-order valence-electron chi connectivity index (χ4n) is 2.07. The van der Waals surface area contributed by atoms with Gasteiger partial charge in [0.1, 0.15) is 5.01 Å². The zero-order chi connectivity index (χ0) is 15.2. The molecule has 0 unspecified atom stereocenters. The molecule has 6 heteroatoms. The molecule has 2 nitrogen and oxygen atoms in total. The number of nitrogen functional groups attached to an aromatic ring is 1. The van der Waals surface area contributed by atoms with Crippen molar-refractivity contribution in [2.24, 2.45) is 0 Å². The number of benzene rings is 2. The third kappa shape index (κ3) is 2.58. The first kappa shape index (κ1) is 13.9. The van der Waals surface area contributed by atoms with Gasteiger partial charge in [0.2, 0.25) is 0 Å². The molecule has 0 fully saturated rings. The van der Waals surface area contributed by atoms with Crippen molar-refractivity contribution in [3.63, 3.8) is 0 Å². The number of anilines is 1. The summed E-state index contributed by atoms with van der Waals surface area (Å²) in [6, 6.07) is 9.07. The van der Waals surface area contributed by atoms with Crippen LogP contribution in [0, 0.1) is 6.92 Å². The first-order valence-corrected chi connectivity index (χ1v) is 7.00. The minimum atomic E-state index is -4.39. The van der Waals surface area contributed by atoms with Crippen LogP contribution in [-0.4, -0.2) is 4.98 Å². The predicted molar refractivity (Wildman–Crippen MR) is 79.2 cm³/mol. The Labute approximate surface area is 123 Å². The van der Waals surface area contributed by atoms with E-state index in [9.17, 15) is 13.2 Å². The molecule has 1 aromatic heterocycles. The van der Waals surface area contributed by atoms with E-state index in [1.54, 1.807) is 0 Å². The van der Waals surface area contributed by atoms with E-state index in [1.807, 2.05) is 25.1 Å². The Morgan fingerprint density at radius 3 is 2.57 bits per heavy atom. The Morgan fingerprint density at radius 2 is 1.86 bits per heavy atom. The maximum absolute atomic E-state index is 12.8. The highest BCUT2D eigenvalue weighted by Crippen LogP contribution is 2.38. The molecule has 2 N–H and O–H groups in total. The Balaban J connectivity index is 2.17. The van der Waals surface area contributed by atoms with Crippen LogP contribution in [0.2, 0.25) is 0 Å². The monoisotopic (exact) mass is 308 g/mol. The van der Waals surface area contributed by atoms with Crippen molar-refractivity contribution in [3.05, 3.63) is 47.5 Å². The van der Waals surface area contributed by atoms with Gasteiger partial charge in [-0.2, -0.15) is 13.2 Å². The molecule has 0 radical (unpaired) electrons. The molecule has 0 spiro atoms. The minimum absolute atomic E-state index is 0.291. The molecule has 0 bridgehead atoms. The summed E-state index contributed by atoms with van der Waals surface area (Å²) in [6.07, 6.45) is -4.39. The smallest absolute Gasteiger partial charge is 0.398 e. The van der Waals surface area contributed by atoms with Crippen LogP contribution in [0.15, 0.2) is 36.4 Å². The number of halogens is 3. The number of aromatic nitrogens is 1. The second-order valence-electron chi connectivity index (χ2n) is 4.79. The maximum Gasteiger partial charge on any atom is 0.416 e. The molecule has 0 aliphatic carbocycles. The number of hydrogen-bond donors (Lipinski definition) is 1. The largest absolute Gasteiger partial charge is 0.416 e. The summed E-state index contributed by atoms with van der Waals surface area (Å²) in [6.45, 7) is 1.94. The normalized spacial score (nSPS) is 12.0. The SMILES string of the molecule is Cc1ccc2sc(-c3cc(C(F)(F)F)ccc3N)nc2c1. The van der Waals surface area contributed by atoms with Crippen molar-refractivity contribution in [2.75, 3.05) is 5.73 Å². The van der Waals surface area contributed by atoms with Crippen molar-refractivity contribution < 1.29 is 13.2 Å². The molecule has 0 amide bonds. The molecule has 3 rings (SSSR count). The predicted octanol–water partition coefficient (Wildman–Crippen LogP) is 4.87. The van der Waals surface area contributed by atoms with Crippen LogP contribution in [0.4, 0.5) is 18.9 Å². The van der Waals surface area contributed by atoms with Gasteiger partial charge in [0.25, 0.3) is 0 Å².